The van der Waals surface area contributed by atoms with Crippen LogP contribution in [0, 0.1) is 11.3 Å². The van der Waals surface area contributed by atoms with Crippen molar-refractivity contribution in [3.8, 4) is 6.07 Å². The first kappa shape index (κ1) is 24.2. The Labute approximate surface area is 206 Å². The number of nitrogens with two attached hydrogens (primary N) is 1. The molecule has 5 N–H and O–H groups in total. The van der Waals surface area contributed by atoms with Crippen LogP contribution >= 0.6 is 8.18 Å². The normalized spacial score (nSPS) is 26.4. The van der Waals surface area contributed by atoms with Gasteiger partial charge < -0.3 is 20.6 Å². The van der Waals surface area contributed by atoms with Crippen LogP contribution in [0.15, 0.2) is 48.9 Å². The second-order valence-electron chi connectivity index (χ2n) is 8.70. The number of alkyl halides is 1. The molecule has 186 valence electrons. The lowest BCUT2D eigenvalue weighted by molar-refractivity contribution is -0.0691. The first-order chi connectivity index (χ1) is 17.3. The zero-order chi connectivity index (χ0) is 25.5. The monoisotopic (exact) mass is 512 g/mol. The van der Waals surface area contributed by atoms with E-state index in [1.807, 2.05) is 36.5 Å². The number of anilines is 1. The fourth-order valence-electron chi connectivity index (χ4n) is 4.62. The van der Waals surface area contributed by atoms with Crippen molar-refractivity contribution in [2.45, 2.75) is 36.8 Å². The van der Waals surface area contributed by atoms with Gasteiger partial charge in [-0.2, -0.15) is 10.4 Å². The Morgan fingerprint density at radius 1 is 1.42 bits per heavy atom. The molecule has 4 aromatic rings. The SMILES string of the molecule is C[C@@]1(F)[C@H](O)[C@@H](CO[P+](=O)NCCc2c[nH]c3ccccc23)O[C@@]1(C#N)c1ccc2c(N)ncnn12. The number of nitrogen functional groups attached to an aromatic ring is 1. The number of hydrogen-bond acceptors (Lipinski definition) is 8. The Bertz CT molecular complexity index is 1480. The predicted molar refractivity (Wildman–Crippen MR) is 129 cm³/mol. The minimum atomic E-state index is -2.54. The molecule has 1 unspecified atom stereocenters. The number of hydrogen-bond donors (Lipinski definition) is 4. The molecular formula is C23H24FN7O4P+. The molecule has 0 amide bonds. The lowest BCUT2D eigenvalue weighted by Crippen LogP contribution is -2.48. The van der Waals surface area contributed by atoms with Crippen LogP contribution in [0.3, 0.4) is 0 Å². The van der Waals surface area contributed by atoms with Crippen LogP contribution in [-0.4, -0.2) is 55.7 Å². The fraction of sp³-hybridized carbons (Fsp3) is 0.348. The van der Waals surface area contributed by atoms with E-state index in [1.165, 1.54) is 23.0 Å². The van der Waals surface area contributed by atoms with Gasteiger partial charge in [0, 0.05) is 23.6 Å². The van der Waals surface area contributed by atoms with Crippen molar-refractivity contribution >= 4 is 30.4 Å². The summed E-state index contributed by atoms with van der Waals surface area (Å²) in [6.07, 6.45) is 0.667. The number of nitriles is 1. The second kappa shape index (κ2) is 9.20. The number of aromatic nitrogens is 4. The van der Waals surface area contributed by atoms with Crippen molar-refractivity contribution in [1.29, 1.82) is 5.26 Å². The predicted octanol–water partition coefficient (Wildman–Crippen LogP) is 2.51. The zero-order valence-corrected chi connectivity index (χ0v) is 20.2. The second-order valence-corrected chi connectivity index (χ2v) is 9.79. The van der Waals surface area contributed by atoms with Gasteiger partial charge in [-0.1, -0.05) is 23.3 Å². The van der Waals surface area contributed by atoms with Crippen LogP contribution < -0.4 is 10.8 Å². The highest BCUT2D eigenvalue weighted by Crippen LogP contribution is 2.50. The van der Waals surface area contributed by atoms with Crippen LogP contribution in [0.1, 0.15) is 18.2 Å². The highest BCUT2D eigenvalue weighted by molar-refractivity contribution is 7.36. The molecule has 1 saturated heterocycles. The standard InChI is InChI=1S/C23H24FN7O4P/c1-22(24)20(32)18(35-23(22,12-25)19-7-6-17-21(26)28-13-29-31(17)19)11-34-36(33)30-9-8-14-10-27-16-5-3-2-4-15(14)16/h2-7,10,13,18,20,27,32H,8-9,11H2,1H3,(H,30,33)(H2,26,28,29)/q+1/t18-,20-,22-,23+/m1/s1. The Morgan fingerprint density at radius 3 is 3.03 bits per heavy atom. The minimum Gasteiger partial charge on any atom is -0.387 e. The molecule has 5 rings (SSSR count). The Hall–Kier alpha value is -3.46. The van der Waals surface area contributed by atoms with Gasteiger partial charge in [-0.05, 0) is 41.7 Å². The van der Waals surface area contributed by atoms with Crippen molar-refractivity contribution in [3.63, 3.8) is 0 Å². The maximum atomic E-state index is 15.9. The minimum absolute atomic E-state index is 0.0434. The molecule has 13 heteroatoms. The van der Waals surface area contributed by atoms with Crippen LogP contribution in [0.4, 0.5) is 10.2 Å². The maximum absolute atomic E-state index is 15.9. The van der Waals surface area contributed by atoms with Crippen molar-refractivity contribution in [1.82, 2.24) is 24.7 Å². The van der Waals surface area contributed by atoms with Gasteiger partial charge in [0.25, 0.3) is 0 Å². The third-order valence-corrected chi connectivity index (χ3v) is 7.46. The number of halogens is 1. The molecule has 1 aliphatic rings. The Balaban J connectivity index is 1.25. The van der Waals surface area contributed by atoms with E-state index < -0.39 is 38.3 Å². The molecule has 36 heavy (non-hydrogen) atoms. The zero-order valence-electron chi connectivity index (χ0n) is 19.3. The van der Waals surface area contributed by atoms with Crippen LogP contribution in [-0.2, 0) is 25.8 Å². The Kier molecular flexibility index (Phi) is 6.20. The fourth-order valence-corrected chi connectivity index (χ4v) is 5.29. The van der Waals surface area contributed by atoms with Gasteiger partial charge in [0.05, 0.1) is 5.69 Å². The molecular weight excluding hydrogens is 488 g/mol. The molecule has 0 spiro atoms. The van der Waals surface area contributed by atoms with Gasteiger partial charge in [0.1, 0.15) is 36.7 Å². The smallest absolute Gasteiger partial charge is 0.387 e. The van der Waals surface area contributed by atoms with E-state index >= 15 is 4.39 Å². The van der Waals surface area contributed by atoms with Gasteiger partial charge in [0.2, 0.25) is 5.60 Å². The molecule has 5 atom stereocenters. The van der Waals surface area contributed by atoms with E-state index in [9.17, 15) is 14.9 Å². The quantitative estimate of drug-likeness (QED) is 0.260. The number of fused-ring (bicyclic) bond motifs is 2. The highest BCUT2D eigenvalue weighted by Gasteiger charge is 2.67. The first-order valence-corrected chi connectivity index (χ1v) is 12.4. The van der Waals surface area contributed by atoms with Crippen LogP contribution in [0.25, 0.3) is 16.4 Å². The average molecular weight is 512 g/mol. The third kappa shape index (κ3) is 3.82. The molecule has 0 saturated carbocycles. The van der Waals surface area contributed by atoms with Gasteiger partial charge in [-0.25, -0.2) is 13.9 Å². The number of rotatable bonds is 8. The number of ether oxygens (including phenoxy) is 1. The van der Waals surface area contributed by atoms with Crippen molar-refractivity contribution in [2.24, 2.45) is 0 Å². The first-order valence-electron chi connectivity index (χ1n) is 11.2. The summed E-state index contributed by atoms with van der Waals surface area (Å²) in [5.41, 5.74) is 3.57. The molecule has 1 fully saturated rings. The number of nitrogens with zero attached hydrogens (tertiary/aromatic N) is 4. The summed E-state index contributed by atoms with van der Waals surface area (Å²) < 4.78 is 40.7. The summed E-state index contributed by atoms with van der Waals surface area (Å²) in [7, 11) is -2.33. The summed E-state index contributed by atoms with van der Waals surface area (Å²) in [5, 5.41) is 28.6. The van der Waals surface area contributed by atoms with Crippen LogP contribution in [0.2, 0.25) is 0 Å². The number of aromatic amines is 1. The van der Waals surface area contributed by atoms with E-state index in [0.29, 0.717) is 18.5 Å². The summed E-state index contributed by atoms with van der Waals surface area (Å²) >= 11 is 0. The van der Waals surface area contributed by atoms with Gasteiger partial charge >= 0.3 is 8.18 Å². The van der Waals surface area contributed by atoms with Gasteiger partial charge in [-0.15, -0.1) is 4.52 Å². The molecule has 0 radical (unpaired) electrons. The highest BCUT2D eigenvalue weighted by atomic mass is 31.1. The summed E-state index contributed by atoms with van der Waals surface area (Å²) in [5.74, 6) is 0.138. The summed E-state index contributed by atoms with van der Waals surface area (Å²) in [6, 6.07) is 12.7. The molecule has 3 aromatic heterocycles. The largest absolute Gasteiger partial charge is 0.613 e. The number of aliphatic hydroxyl groups excluding tert-OH is 1. The van der Waals surface area contributed by atoms with E-state index in [4.69, 9.17) is 15.0 Å². The molecule has 4 heterocycles. The topological polar surface area (TPSA) is 164 Å². The van der Waals surface area contributed by atoms with Gasteiger partial charge in [0.15, 0.2) is 11.5 Å². The van der Waals surface area contributed by atoms with Crippen LogP contribution in [0.5, 0.6) is 0 Å². The Morgan fingerprint density at radius 2 is 2.22 bits per heavy atom. The number of benzene rings is 1. The van der Waals surface area contributed by atoms with Crippen molar-refractivity contribution in [3.05, 3.63) is 60.2 Å². The molecule has 1 aliphatic heterocycles. The maximum Gasteiger partial charge on any atom is 0.613 e. The van der Waals surface area contributed by atoms with E-state index in [0.717, 1.165) is 23.4 Å². The number of H-pyrrole nitrogens is 1. The average Bonchev–Trinajstić information content (AvgIpc) is 3.54. The van der Waals surface area contributed by atoms with Gasteiger partial charge in [-0.3, -0.25) is 0 Å². The summed E-state index contributed by atoms with van der Waals surface area (Å²) in [6.45, 7) is 1.04. The van der Waals surface area contributed by atoms with E-state index in [1.54, 1.807) is 0 Å². The summed E-state index contributed by atoms with van der Waals surface area (Å²) in [4.78, 5) is 7.07. The number of nitrogens with one attached hydrogen (secondary N) is 2. The molecule has 11 nitrogen and oxygen atoms in total. The van der Waals surface area contributed by atoms with E-state index in [2.05, 4.69) is 20.2 Å². The lowest BCUT2D eigenvalue weighted by Gasteiger charge is -2.30. The van der Waals surface area contributed by atoms with Crippen molar-refractivity contribution < 1.29 is 23.3 Å². The third-order valence-electron chi connectivity index (χ3n) is 6.59. The number of para-hydroxylation sites is 1. The van der Waals surface area contributed by atoms with E-state index in [-0.39, 0.29) is 11.5 Å². The molecule has 1 aromatic carbocycles. The molecule has 0 bridgehead atoms. The van der Waals surface area contributed by atoms with Crippen molar-refractivity contribution in [2.75, 3.05) is 18.9 Å². The lowest BCUT2D eigenvalue weighted by atomic mass is 9.82. The number of aliphatic hydroxyl groups is 1. The molecule has 0 aliphatic carbocycles.